The number of anilines is 1. The Morgan fingerprint density at radius 2 is 1.95 bits per heavy atom. The van der Waals surface area contributed by atoms with E-state index in [1.54, 1.807) is 35.5 Å². The summed E-state index contributed by atoms with van der Waals surface area (Å²) in [5.74, 6) is 0.838. The number of rotatable bonds is 4. The van der Waals surface area contributed by atoms with Crippen LogP contribution in [0.5, 0.6) is 0 Å². The molecule has 5 nitrogen and oxygen atoms in total. The Morgan fingerprint density at radius 3 is 2.68 bits per heavy atom. The second-order valence-electron chi connectivity index (χ2n) is 4.41. The Labute approximate surface area is 120 Å². The summed E-state index contributed by atoms with van der Waals surface area (Å²) in [6.45, 7) is 4.31. The first-order chi connectivity index (χ1) is 9.33. The molecule has 19 heavy (non-hydrogen) atoms. The molecular formula is C12H15N5S2. The van der Waals surface area contributed by atoms with Gasteiger partial charge < -0.3 is 4.90 Å². The Hall–Kier alpha value is -1.21. The molecule has 1 saturated heterocycles. The molecule has 1 fully saturated rings. The largest absolute Gasteiger partial charge is 0.347 e. The summed E-state index contributed by atoms with van der Waals surface area (Å²) in [5, 5.41) is 9.78. The average Bonchev–Trinajstić information content (AvgIpc) is 3.10. The zero-order valence-electron chi connectivity index (χ0n) is 10.7. The van der Waals surface area contributed by atoms with Crippen molar-refractivity contribution in [2.24, 2.45) is 0 Å². The summed E-state index contributed by atoms with van der Waals surface area (Å²) in [6.07, 6.45) is 6.07. The molecule has 0 aliphatic carbocycles. The fourth-order valence-electron chi connectivity index (χ4n) is 2.01. The van der Waals surface area contributed by atoms with E-state index in [4.69, 9.17) is 0 Å². The molecule has 0 bridgehead atoms. The van der Waals surface area contributed by atoms with Crippen LogP contribution in [0.1, 0.15) is 30.8 Å². The van der Waals surface area contributed by atoms with Crippen LogP contribution < -0.4 is 4.90 Å². The lowest BCUT2D eigenvalue weighted by atomic mass is 10.4. The maximum absolute atomic E-state index is 4.28. The number of aromatic nitrogens is 4. The molecule has 1 aliphatic heterocycles. The van der Waals surface area contributed by atoms with E-state index in [0.717, 1.165) is 28.4 Å². The van der Waals surface area contributed by atoms with Gasteiger partial charge in [0.05, 0.1) is 5.25 Å². The van der Waals surface area contributed by atoms with Crippen LogP contribution in [-0.2, 0) is 0 Å². The number of nitrogens with zero attached hydrogens (tertiary/aromatic N) is 5. The normalized spacial score (nSPS) is 16.8. The van der Waals surface area contributed by atoms with Crippen molar-refractivity contribution in [3.8, 4) is 0 Å². The summed E-state index contributed by atoms with van der Waals surface area (Å²) in [5.41, 5.74) is 0. The average molecular weight is 293 g/mol. The van der Waals surface area contributed by atoms with Gasteiger partial charge >= 0.3 is 0 Å². The summed E-state index contributed by atoms with van der Waals surface area (Å²) in [4.78, 5) is 10.9. The highest BCUT2D eigenvalue weighted by Gasteiger charge is 2.18. The van der Waals surface area contributed by atoms with Gasteiger partial charge in [-0.1, -0.05) is 23.1 Å². The minimum absolute atomic E-state index is 0.195. The van der Waals surface area contributed by atoms with Crippen molar-refractivity contribution in [1.82, 2.24) is 20.2 Å². The maximum atomic E-state index is 4.28. The van der Waals surface area contributed by atoms with Crippen LogP contribution in [0, 0.1) is 0 Å². The van der Waals surface area contributed by atoms with Gasteiger partial charge in [0.15, 0.2) is 4.34 Å². The van der Waals surface area contributed by atoms with Gasteiger partial charge in [-0.3, -0.25) is 0 Å². The number of thioether (sulfide) groups is 1. The number of hydrogen-bond donors (Lipinski definition) is 0. The highest BCUT2D eigenvalue weighted by molar-refractivity contribution is 8.01. The van der Waals surface area contributed by atoms with Crippen LogP contribution in [-0.4, -0.2) is 33.3 Å². The number of hydrogen-bond acceptors (Lipinski definition) is 7. The van der Waals surface area contributed by atoms with Crippen LogP contribution in [0.25, 0.3) is 0 Å². The fourth-order valence-corrected chi connectivity index (χ4v) is 4.11. The highest BCUT2D eigenvalue weighted by Crippen LogP contribution is 2.37. The van der Waals surface area contributed by atoms with Gasteiger partial charge in [-0.2, -0.15) is 0 Å². The van der Waals surface area contributed by atoms with E-state index < -0.39 is 0 Å². The van der Waals surface area contributed by atoms with Crippen molar-refractivity contribution in [3.63, 3.8) is 0 Å². The monoisotopic (exact) mass is 293 g/mol. The lowest BCUT2D eigenvalue weighted by Gasteiger charge is -2.11. The molecule has 3 heterocycles. The first-order valence-electron chi connectivity index (χ1n) is 6.35. The Bertz CT molecular complexity index is 524. The van der Waals surface area contributed by atoms with E-state index in [-0.39, 0.29) is 5.25 Å². The second kappa shape index (κ2) is 5.83. The summed E-state index contributed by atoms with van der Waals surface area (Å²) >= 11 is 3.33. The first kappa shape index (κ1) is 12.8. The predicted octanol–water partition coefficient (Wildman–Crippen LogP) is 2.78. The van der Waals surface area contributed by atoms with Crippen molar-refractivity contribution < 1.29 is 0 Å². The van der Waals surface area contributed by atoms with Crippen LogP contribution in [0.2, 0.25) is 0 Å². The summed E-state index contributed by atoms with van der Waals surface area (Å²) < 4.78 is 0.988. The fraction of sp³-hybridized carbons (Fsp3) is 0.500. The van der Waals surface area contributed by atoms with Gasteiger partial charge in [0.25, 0.3) is 0 Å². The van der Waals surface area contributed by atoms with Gasteiger partial charge in [-0.15, -0.1) is 10.2 Å². The van der Waals surface area contributed by atoms with Crippen LogP contribution >= 0.6 is 23.1 Å². The molecule has 100 valence electrons. The van der Waals surface area contributed by atoms with E-state index in [2.05, 4.69) is 32.0 Å². The lowest BCUT2D eigenvalue weighted by molar-refractivity contribution is 0.900. The quantitative estimate of drug-likeness (QED) is 0.808. The van der Waals surface area contributed by atoms with E-state index in [0.29, 0.717) is 0 Å². The van der Waals surface area contributed by atoms with Crippen molar-refractivity contribution in [2.45, 2.75) is 29.4 Å². The van der Waals surface area contributed by atoms with E-state index in [1.807, 2.05) is 6.07 Å². The zero-order valence-corrected chi connectivity index (χ0v) is 12.3. The van der Waals surface area contributed by atoms with E-state index in [1.165, 1.54) is 12.8 Å². The third-order valence-corrected chi connectivity index (χ3v) is 5.16. The minimum atomic E-state index is 0.195. The van der Waals surface area contributed by atoms with Gasteiger partial charge in [-0.05, 0) is 25.8 Å². The predicted molar refractivity (Wildman–Crippen MR) is 77.7 cm³/mol. The maximum Gasteiger partial charge on any atom is 0.209 e. The van der Waals surface area contributed by atoms with Crippen LogP contribution in [0.4, 0.5) is 5.13 Å². The van der Waals surface area contributed by atoms with Crippen molar-refractivity contribution in [3.05, 3.63) is 24.3 Å². The van der Waals surface area contributed by atoms with Gasteiger partial charge in [0, 0.05) is 25.5 Å². The molecule has 0 N–H and O–H groups in total. The topological polar surface area (TPSA) is 54.8 Å². The van der Waals surface area contributed by atoms with Crippen molar-refractivity contribution in [2.75, 3.05) is 18.0 Å². The molecule has 0 spiro atoms. The second-order valence-corrected chi connectivity index (χ2v) is 6.96. The van der Waals surface area contributed by atoms with E-state index >= 15 is 0 Å². The third kappa shape index (κ3) is 3.03. The SMILES string of the molecule is CC(Sc1nnc(N2CCCC2)s1)c1ncccn1. The van der Waals surface area contributed by atoms with Crippen LogP contribution in [0.3, 0.4) is 0 Å². The molecule has 0 saturated carbocycles. The minimum Gasteiger partial charge on any atom is -0.347 e. The molecule has 3 rings (SSSR count). The Balaban J connectivity index is 1.66. The summed E-state index contributed by atoms with van der Waals surface area (Å²) in [7, 11) is 0. The molecular weight excluding hydrogens is 278 g/mol. The third-order valence-electron chi connectivity index (χ3n) is 3.00. The van der Waals surface area contributed by atoms with Crippen molar-refractivity contribution in [1.29, 1.82) is 0 Å². The standard InChI is InChI=1S/C12H15N5S2/c1-9(10-13-5-4-6-14-10)18-12-16-15-11(19-12)17-7-2-3-8-17/h4-6,9H,2-3,7-8H2,1H3. The molecule has 2 aromatic heterocycles. The first-order valence-corrected chi connectivity index (χ1v) is 8.04. The van der Waals surface area contributed by atoms with Gasteiger partial charge in [0.1, 0.15) is 5.82 Å². The highest BCUT2D eigenvalue weighted by atomic mass is 32.2. The smallest absolute Gasteiger partial charge is 0.209 e. The molecule has 1 atom stereocenters. The van der Waals surface area contributed by atoms with Gasteiger partial charge in [-0.25, -0.2) is 9.97 Å². The molecule has 2 aromatic rings. The molecule has 1 aliphatic rings. The van der Waals surface area contributed by atoms with E-state index in [9.17, 15) is 0 Å². The lowest BCUT2D eigenvalue weighted by Crippen LogP contribution is -2.17. The van der Waals surface area contributed by atoms with Crippen molar-refractivity contribution >= 4 is 28.2 Å². The zero-order chi connectivity index (χ0) is 13.1. The molecule has 0 aromatic carbocycles. The summed E-state index contributed by atoms with van der Waals surface area (Å²) in [6, 6.07) is 1.83. The van der Waals surface area contributed by atoms with Crippen LogP contribution in [0.15, 0.2) is 22.8 Å². The molecule has 0 radical (unpaired) electrons. The molecule has 0 amide bonds. The molecule has 1 unspecified atom stereocenters. The molecule has 7 heteroatoms. The Kier molecular flexibility index (Phi) is 3.93. The van der Waals surface area contributed by atoms with Gasteiger partial charge in [0.2, 0.25) is 5.13 Å². The Morgan fingerprint density at radius 1 is 1.21 bits per heavy atom.